The SMILES string of the molecule is CONC(=O)c1ccc(Cl)c(S(=O)(=O)N2CC(C)OC(C)C2)c1. The van der Waals surface area contributed by atoms with Gasteiger partial charge >= 0.3 is 0 Å². The highest BCUT2D eigenvalue weighted by Gasteiger charge is 2.33. The first-order chi connectivity index (χ1) is 10.8. The molecule has 9 heteroatoms. The number of benzene rings is 1. The number of rotatable bonds is 4. The molecule has 1 aliphatic heterocycles. The van der Waals surface area contributed by atoms with Crippen molar-refractivity contribution in [1.29, 1.82) is 0 Å². The molecule has 0 spiro atoms. The Hall–Kier alpha value is -1.19. The number of hydrogen-bond acceptors (Lipinski definition) is 5. The number of carbonyl (C=O) groups is 1. The Labute approximate surface area is 140 Å². The van der Waals surface area contributed by atoms with Crippen molar-refractivity contribution in [2.45, 2.75) is 31.0 Å². The lowest BCUT2D eigenvalue weighted by atomic mass is 10.2. The van der Waals surface area contributed by atoms with Crippen LogP contribution in [0.1, 0.15) is 24.2 Å². The molecule has 2 unspecified atom stereocenters. The summed E-state index contributed by atoms with van der Waals surface area (Å²) in [6, 6.07) is 4.06. The van der Waals surface area contributed by atoms with Gasteiger partial charge in [0.15, 0.2) is 0 Å². The minimum absolute atomic E-state index is 0.0609. The van der Waals surface area contributed by atoms with E-state index in [1.165, 1.54) is 29.6 Å². The number of hydroxylamine groups is 1. The van der Waals surface area contributed by atoms with Crippen LogP contribution in [0, 0.1) is 0 Å². The van der Waals surface area contributed by atoms with E-state index in [-0.39, 0.29) is 40.8 Å². The number of carbonyl (C=O) groups excluding carboxylic acids is 1. The van der Waals surface area contributed by atoms with Crippen LogP contribution in [-0.4, -0.2) is 51.0 Å². The second-order valence-corrected chi connectivity index (χ2v) is 7.67. The average Bonchev–Trinajstić information content (AvgIpc) is 2.46. The van der Waals surface area contributed by atoms with Crippen LogP contribution < -0.4 is 5.48 Å². The standard InChI is InChI=1S/C14H19ClN2O5S/c1-9-7-17(8-10(2)22-9)23(19,20)13-6-11(4-5-12(13)15)14(18)16-21-3/h4-6,9-10H,7-8H2,1-3H3,(H,16,18). The number of morpholine rings is 1. The molecule has 0 bridgehead atoms. The zero-order valence-corrected chi connectivity index (χ0v) is 14.6. The van der Waals surface area contributed by atoms with Crippen LogP contribution >= 0.6 is 11.6 Å². The van der Waals surface area contributed by atoms with Gasteiger partial charge < -0.3 is 4.74 Å². The number of amides is 1. The monoisotopic (exact) mass is 362 g/mol. The maximum atomic E-state index is 12.9. The first-order valence-corrected chi connectivity index (χ1v) is 8.86. The number of nitrogens with one attached hydrogen (secondary N) is 1. The molecule has 7 nitrogen and oxygen atoms in total. The summed E-state index contributed by atoms with van der Waals surface area (Å²) in [6.07, 6.45) is -0.431. The fourth-order valence-electron chi connectivity index (χ4n) is 2.46. The van der Waals surface area contributed by atoms with Crippen LogP contribution in [0.25, 0.3) is 0 Å². The van der Waals surface area contributed by atoms with Crippen molar-refractivity contribution in [3.8, 4) is 0 Å². The Morgan fingerprint density at radius 1 is 1.35 bits per heavy atom. The van der Waals surface area contributed by atoms with Gasteiger partial charge in [-0.05, 0) is 32.0 Å². The summed E-state index contributed by atoms with van der Waals surface area (Å²) in [4.78, 5) is 16.3. The summed E-state index contributed by atoms with van der Waals surface area (Å²) in [7, 11) is -2.54. The molecule has 1 N–H and O–H groups in total. The van der Waals surface area contributed by atoms with Crippen LogP contribution in [0.2, 0.25) is 5.02 Å². The highest BCUT2D eigenvalue weighted by Crippen LogP contribution is 2.28. The number of halogens is 1. The molecule has 23 heavy (non-hydrogen) atoms. The fourth-order valence-corrected chi connectivity index (χ4v) is 4.55. The lowest BCUT2D eigenvalue weighted by Crippen LogP contribution is -2.48. The Balaban J connectivity index is 2.39. The lowest BCUT2D eigenvalue weighted by Gasteiger charge is -2.34. The van der Waals surface area contributed by atoms with Gasteiger partial charge in [0, 0.05) is 18.7 Å². The van der Waals surface area contributed by atoms with Crippen LogP contribution in [-0.2, 0) is 19.6 Å². The van der Waals surface area contributed by atoms with E-state index >= 15 is 0 Å². The first kappa shape index (κ1) is 18.2. The van der Waals surface area contributed by atoms with E-state index in [9.17, 15) is 13.2 Å². The molecule has 0 aromatic heterocycles. The molecule has 1 aromatic rings. The third-order valence-electron chi connectivity index (χ3n) is 3.39. The normalized spacial score (nSPS) is 22.8. The fraction of sp³-hybridized carbons (Fsp3) is 0.500. The highest BCUT2D eigenvalue weighted by atomic mass is 35.5. The summed E-state index contributed by atoms with van der Waals surface area (Å²) < 4.78 is 32.6. The minimum atomic E-state index is -3.83. The summed E-state index contributed by atoms with van der Waals surface area (Å²) >= 11 is 6.05. The summed E-state index contributed by atoms with van der Waals surface area (Å²) in [5, 5.41) is 0.0609. The van der Waals surface area contributed by atoms with Crippen LogP contribution in [0.5, 0.6) is 0 Å². The molecular formula is C14H19ClN2O5S. The van der Waals surface area contributed by atoms with Gasteiger partial charge in [-0.15, -0.1) is 0 Å². The van der Waals surface area contributed by atoms with E-state index in [1.54, 1.807) is 0 Å². The Morgan fingerprint density at radius 3 is 2.52 bits per heavy atom. The van der Waals surface area contributed by atoms with Crippen molar-refractivity contribution in [2.24, 2.45) is 0 Å². The van der Waals surface area contributed by atoms with Crippen molar-refractivity contribution in [2.75, 3.05) is 20.2 Å². The Morgan fingerprint density at radius 2 is 1.96 bits per heavy atom. The van der Waals surface area contributed by atoms with Gasteiger partial charge in [0.25, 0.3) is 5.91 Å². The van der Waals surface area contributed by atoms with E-state index in [2.05, 4.69) is 10.3 Å². The largest absolute Gasteiger partial charge is 0.373 e. The minimum Gasteiger partial charge on any atom is -0.373 e. The molecule has 0 saturated carbocycles. The van der Waals surface area contributed by atoms with E-state index in [0.717, 1.165) is 0 Å². The molecule has 0 radical (unpaired) electrons. The molecule has 1 aromatic carbocycles. The molecule has 1 heterocycles. The quantitative estimate of drug-likeness (QED) is 0.819. The molecule has 0 aliphatic carbocycles. The zero-order valence-electron chi connectivity index (χ0n) is 13.1. The summed E-state index contributed by atoms with van der Waals surface area (Å²) in [6.45, 7) is 4.08. The van der Waals surface area contributed by atoms with Crippen LogP contribution in [0.3, 0.4) is 0 Å². The second-order valence-electron chi connectivity index (χ2n) is 5.36. The molecule has 1 fully saturated rings. The lowest BCUT2D eigenvalue weighted by molar-refractivity contribution is -0.0440. The van der Waals surface area contributed by atoms with Gasteiger partial charge in [0.2, 0.25) is 10.0 Å². The molecule has 2 rings (SSSR count). The van der Waals surface area contributed by atoms with Crippen molar-refractivity contribution in [3.63, 3.8) is 0 Å². The Bertz CT molecular complexity index is 684. The topological polar surface area (TPSA) is 84.9 Å². The number of hydrogen-bond donors (Lipinski definition) is 1. The first-order valence-electron chi connectivity index (χ1n) is 7.04. The predicted octanol–water partition coefficient (Wildman–Crippen LogP) is 1.43. The predicted molar refractivity (Wildman–Crippen MR) is 84.7 cm³/mol. The molecule has 2 atom stereocenters. The maximum absolute atomic E-state index is 12.9. The van der Waals surface area contributed by atoms with Gasteiger partial charge in [-0.25, -0.2) is 13.9 Å². The average molecular weight is 363 g/mol. The third-order valence-corrected chi connectivity index (χ3v) is 5.71. The summed E-state index contributed by atoms with van der Waals surface area (Å²) in [5.74, 6) is -0.552. The Kier molecular flexibility index (Phi) is 5.64. The number of nitrogens with zero attached hydrogens (tertiary/aromatic N) is 1. The van der Waals surface area contributed by atoms with Crippen molar-refractivity contribution >= 4 is 27.5 Å². The van der Waals surface area contributed by atoms with Crippen LogP contribution in [0.4, 0.5) is 0 Å². The summed E-state index contributed by atoms with van der Waals surface area (Å²) in [5.41, 5.74) is 2.29. The second kappa shape index (κ2) is 7.14. The number of sulfonamides is 1. The zero-order chi connectivity index (χ0) is 17.2. The van der Waals surface area contributed by atoms with Gasteiger partial charge in [0.05, 0.1) is 24.3 Å². The van der Waals surface area contributed by atoms with Crippen molar-refractivity contribution in [1.82, 2.24) is 9.79 Å². The van der Waals surface area contributed by atoms with Gasteiger partial charge in [-0.2, -0.15) is 4.31 Å². The van der Waals surface area contributed by atoms with E-state index in [1.807, 2.05) is 13.8 Å². The molecule has 1 aliphatic rings. The van der Waals surface area contributed by atoms with Gasteiger partial charge in [0.1, 0.15) is 4.90 Å². The van der Waals surface area contributed by atoms with Crippen molar-refractivity contribution < 1.29 is 22.8 Å². The molecular weight excluding hydrogens is 344 g/mol. The molecule has 1 amide bonds. The van der Waals surface area contributed by atoms with E-state index in [4.69, 9.17) is 16.3 Å². The van der Waals surface area contributed by atoms with Gasteiger partial charge in [-0.1, -0.05) is 11.6 Å². The van der Waals surface area contributed by atoms with E-state index in [0.29, 0.717) is 0 Å². The van der Waals surface area contributed by atoms with Gasteiger partial charge in [-0.3, -0.25) is 9.63 Å². The van der Waals surface area contributed by atoms with E-state index < -0.39 is 15.9 Å². The maximum Gasteiger partial charge on any atom is 0.274 e. The number of ether oxygens (including phenoxy) is 1. The van der Waals surface area contributed by atoms with Crippen molar-refractivity contribution in [3.05, 3.63) is 28.8 Å². The molecule has 128 valence electrons. The highest BCUT2D eigenvalue weighted by molar-refractivity contribution is 7.89. The van der Waals surface area contributed by atoms with Crippen LogP contribution in [0.15, 0.2) is 23.1 Å². The third kappa shape index (κ3) is 4.02. The molecule has 1 saturated heterocycles. The smallest absolute Gasteiger partial charge is 0.274 e.